The lowest BCUT2D eigenvalue weighted by molar-refractivity contribution is 0.627. The maximum atomic E-state index is 12.9. The summed E-state index contributed by atoms with van der Waals surface area (Å²) in [6, 6.07) is 6.51. The maximum absolute atomic E-state index is 12.9. The van der Waals surface area contributed by atoms with Crippen molar-refractivity contribution in [1.29, 1.82) is 0 Å². The zero-order valence-corrected chi connectivity index (χ0v) is 7.57. The summed E-state index contributed by atoms with van der Waals surface area (Å²) < 4.78 is 12.9. The summed E-state index contributed by atoms with van der Waals surface area (Å²) in [6.07, 6.45) is 9.45. The first kappa shape index (κ1) is 8.75. The second-order valence-corrected chi connectivity index (χ2v) is 2.98. The molecule has 0 amide bonds. The Balaban J connectivity index is 2.35. The molecule has 0 bridgehead atoms. The molecule has 0 spiro atoms. The van der Waals surface area contributed by atoms with E-state index in [2.05, 4.69) is 5.32 Å². The molecule has 1 aromatic rings. The van der Waals surface area contributed by atoms with Crippen LogP contribution in [0.2, 0.25) is 0 Å². The van der Waals surface area contributed by atoms with Gasteiger partial charge in [-0.1, -0.05) is 24.3 Å². The van der Waals surface area contributed by atoms with Gasteiger partial charge in [0.1, 0.15) is 5.82 Å². The molecule has 1 heterocycles. The van der Waals surface area contributed by atoms with Crippen LogP contribution in [0.4, 0.5) is 4.39 Å². The van der Waals surface area contributed by atoms with Gasteiger partial charge in [-0.05, 0) is 24.3 Å². The maximum Gasteiger partial charge on any atom is 0.123 e. The molecular weight excluding hydrogens is 177 g/mol. The minimum atomic E-state index is -0.220. The number of halogens is 1. The van der Waals surface area contributed by atoms with Crippen molar-refractivity contribution >= 4 is 5.70 Å². The highest BCUT2D eigenvalue weighted by Gasteiger charge is 2.00. The van der Waals surface area contributed by atoms with Crippen LogP contribution in [0, 0.1) is 5.82 Å². The first-order valence-corrected chi connectivity index (χ1v) is 4.42. The second kappa shape index (κ2) is 3.92. The lowest BCUT2D eigenvalue weighted by Gasteiger charge is -2.05. The van der Waals surface area contributed by atoms with E-state index in [1.165, 1.54) is 12.1 Å². The molecule has 0 radical (unpaired) electrons. The van der Waals surface area contributed by atoms with Crippen molar-refractivity contribution in [2.24, 2.45) is 0 Å². The third-order valence-corrected chi connectivity index (χ3v) is 1.96. The molecule has 1 N–H and O–H groups in total. The standard InChI is InChI=1S/C12H10FN/c13-11-6-4-5-10(9-11)12-7-2-1-3-8-14-12/h1-9,14H. The van der Waals surface area contributed by atoms with Gasteiger partial charge in [0.15, 0.2) is 0 Å². The Kier molecular flexibility index (Phi) is 2.45. The van der Waals surface area contributed by atoms with E-state index in [0.29, 0.717) is 0 Å². The monoisotopic (exact) mass is 187 g/mol. The molecule has 0 aromatic heterocycles. The summed E-state index contributed by atoms with van der Waals surface area (Å²) in [5.41, 5.74) is 1.75. The normalized spacial score (nSPS) is 14.5. The first-order chi connectivity index (χ1) is 6.86. The topological polar surface area (TPSA) is 12.0 Å². The van der Waals surface area contributed by atoms with Crippen LogP contribution in [0.15, 0.2) is 54.8 Å². The first-order valence-electron chi connectivity index (χ1n) is 4.42. The molecular formula is C12H10FN. The van der Waals surface area contributed by atoms with Gasteiger partial charge in [-0.2, -0.15) is 0 Å². The van der Waals surface area contributed by atoms with Gasteiger partial charge in [0, 0.05) is 17.5 Å². The van der Waals surface area contributed by atoms with Crippen LogP contribution in [0.5, 0.6) is 0 Å². The number of hydrogen-bond donors (Lipinski definition) is 1. The fourth-order valence-corrected chi connectivity index (χ4v) is 1.29. The molecule has 2 heteroatoms. The zero-order chi connectivity index (χ0) is 9.80. The summed E-state index contributed by atoms with van der Waals surface area (Å²) in [7, 11) is 0. The Morgan fingerprint density at radius 3 is 2.86 bits per heavy atom. The summed E-state index contributed by atoms with van der Waals surface area (Å²) in [6.45, 7) is 0. The molecule has 0 atom stereocenters. The van der Waals surface area contributed by atoms with Crippen molar-refractivity contribution in [3.05, 3.63) is 66.2 Å². The summed E-state index contributed by atoms with van der Waals surface area (Å²) in [4.78, 5) is 0. The van der Waals surface area contributed by atoms with E-state index in [-0.39, 0.29) is 5.82 Å². The Morgan fingerprint density at radius 1 is 1.07 bits per heavy atom. The summed E-state index contributed by atoms with van der Waals surface area (Å²) in [5, 5.41) is 3.08. The molecule has 1 aromatic carbocycles. The molecule has 1 nitrogen and oxygen atoms in total. The predicted molar refractivity (Wildman–Crippen MR) is 55.8 cm³/mol. The molecule has 0 unspecified atom stereocenters. The van der Waals surface area contributed by atoms with Gasteiger partial charge in [-0.15, -0.1) is 0 Å². The van der Waals surface area contributed by atoms with Crippen molar-refractivity contribution in [1.82, 2.24) is 5.32 Å². The van der Waals surface area contributed by atoms with Crippen LogP contribution in [-0.2, 0) is 0 Å². The Labute approximate surface area is 82.3 Å². The Hall–Kier alpha value is -1.83. The van der Waals surface area contributed by atoms with Crippen LogP contribution in [0.3, 0.4) is 0 Å². The highest BCUT2D eigenvalue weighted by Crippen LogP contribution is 2.14. The largest absolute Gasteiger partial charge is 0.361 e. The smallest absolute Gasteiger partial charge is 0.123 e. The van der Waals surface area contributed by atoms with Crippen LogP contribution >= 0.6 is 0 Å². The Bertz CT molecular complexity index is 416. The zero-order valence-electron chi connectivity index (χ0n) is 7.57. The molecule has 1 aliphatic heterocycles. The third kappa shape index (κ3) is 1.91. The summed E-state index contributed by atoms with van der Waals surface area (Å²) in [5.74, 6) is -0.220. The highest BCUT2D eigenvalue weighted by atomic mass is 19.1. The van der Waals surface area contributed by atoms with E-state index in [4.69, 9.17) is 0 Å². The van der Waals surface area contributed by atoms with Crippen LogP contribution in [0.25, 0.3) is 5.70 Å². The fraction of sp³-hybridized carbons (Fsp3) is 0. The average molecular weight is 187 g/mol. The van der Waals surface area contributed by atoms with Gasteiger partial charge in [0.05, 0.1) is 0 Å². The van der Waals surface area contributed by atoms with E-state index in [1.807, 2.05) is 36.6 Å². The second-order valence-electron chi connectivity index (χ2n) is 2.98. The van der Waals surface area contributed by atoms with E-state index in [9.17, 15) is 4.39 Å². The van der Waals surface area contributed by atoms with Gasteiger partial charge in [-0.3, -0.25) is 0 Å². The SMILES string of the molecule is Fc1cccc(C2=CC=CC=CN2)c1. The Morgan fingerprint density at radius 2 is 2.00 bits per heavy atom. The molecule has 0 saturated carbocycles. The van der Waals surface area contributed by atoms with Gasteiger partial charge in [-0.25, -0.2) is 4.39 Å². The van der Waals surface area contributed by atoms with Crippen molar-refractivity contribution < 1.29 is 4.39 Å². The molecule has 14 heavy (non-hydrogen) atoms. The van der Waals surface area contributed by atoms with E-state index in [0.717, 1.165) is 11.3 Å². The van der Waals surface area contributed by atoms with E-state index in [1.54, 1.807) is 6.07 Å². The molecule has 0 aliphatic carbocycles. The lowest BCUT2D eigenvalue weighted by atomic mass is 10.1. The van der Waals surface area contributed by atoms with Crippen LogP contribution in [-0.4, -0.2) is 0 Å². The van der Waals surface area contributed by atoms with Gasteiger partial charge >= 0.3 is 0 Å². The molecule has 0 fully saturated rings. The predicted octanol–water partition coefficient (Wildman–Crippen LogP) is 2.84. The lowest BCUT2D eigenvalue weighted by Crippen LogP contribution is -2.02. The van der Waals surface area contributed by atoms with E-state index >= 15 is 0 Å². The van der Waals surface area contributed by atoms with Gasteiger partial charge in [0.2, 0.25) is 0 Å². The van der Waals surface area contributed by atoms with Crippen LogP contribution < -0.4 is 5.32 Å². The quantitative estimate of drug-likeness (QED) is 0.712. The third-order valence-electron chi connectivity index (χ3n) is 1.96. The molecule has 70 valence electrons. The minimum absolute atomic E-state index is 0.220. The number of hydrogen-bond acceptors (Lipinski definition) is 1. The molecule has 2 rings (SSSR count). The number of nitrogens with one attached hydrogen (secondary N) is 1. The van der Waals surface area contributed by atoms with Crippen molar-refractivity contribution in [2.75, 3.05) is 0 Å². The summed E-state index contributed by atoms with van der Waals surface area (Å²) >= 11 is 0. The minimum Gasteiger partial charge on any atom is -0.361 e. The number of allylic oxidation sites excluding steroid dienone is 4. The van der Waals surface area contributed by atoms with Crippen molar-refractivity contribution in [2.45, 2.75) is 0 Å². The number of rotatable bonds is 1. The highest BCUT2D eigenvalue weighted by molar-refractivity contribution is 5.66. The average Bonchev–Trinajstić information content (AvgIpc) is 2.45. The fourth-order valence-electron chi connectivity index (χ4n) is 1.29. The molecule has 1 aliphatic rings. The van der Waals surface area contributed by atoms with Crippen molar-refractivity contribution in [3.8, 4) is 0 Å². The van der Waals surface area contributed by atoms with Crippen LogP contribution in [0.1, 0.15) is 5.56 Å². The van der Waals surface area contributed by atoms with E-state index < -0.39 is 0 Å². The van der Waals surface area contributed by atoms with Gasteiger partial charge < -0.3 is 5.32 Å². The van der Waals surface area contributed by atoms with Gasteiger partial charge in [0.25, 0.3) is 0 Å². The van der Waals surface area contributed by atoms with Crippen molar-refractivity contribution in [3.63, 3.8) is 0 Å². The molecule has 0 saturated heterocycles. The number of benzene rings is 1.